The molecule has 0 aromatic heterocycles. The van der Waals surface area contributed by atoms with Crippen LogP contribution in [-0.2, 0) is 0 Å². The van der Waals surface area contributed by atoms with E-state index in [0.29, 0.717) is 0 Å². The lowest BCUT2D eigenvalue weighted by atomic mass is 9.91. The van der Waals surface area contributed by atoms with Crippen molar-refractivity contribution in [3.05, 3.63) is 0 Å². The number of hydrogen-bond donors (Lipinski definition) is 1. The molecule has 0 radical (unpaired) electrons. The fourth-order valence-electron chi connectivity index (χ4n) is 4.20. The van der Waals surface area contributed by atoms with E-state index in [1.54, 1.807) is 0 Å². The summed E-state index contributed by atoms with van der Waals surface area (Å²) in [5.74, 6) is 1.98. The molecule has 2 saturated heterocycles. The van der Waals surface area contributed by atoms with E-state index in [-0.39, 0.29) is 12.4 Å². The molecule has 106 valence electrons. The van der Waals surface area contributed by atoms with Gasteiger partial charge in [-0.05, 0) is 50.6 Å². The van der Waals surface area contributed by atoms with Gasteiger partial charge in [0.2, 0.25) is 0 Å². The molecule has 2 nitrogen and oxygen atoms in total. The number of hydrogen-bond acceptors (Lipinski definition) is 2. The van der Waals surface area contributed by atoms with Crippen molar-refractivity contribution in [2.75, 3.05) is 26.2 Å². The van der Waals surface area contributed by atoms with Gasteiger partial charge in [-0.15, -0.1) is 12.4 Å². The van der Waals surface area contributed by atoms with Gasteiger partial charge >= 0.3 is 0 Å². The Morgan fingerprint density at radius 2 is 1.72 bits per heavy atom. The van der Waals surface area contributed by atoms with Crippen LogP contribution in [0.5, 0.6) is 0 Å². The van der Waals surface area contributed by atoms with Crippen LogP contribution in [0.15, 0.2) is 0 Å². The summed E-state index contributed by atoms with van der Waals surface area (Å²) in [6.07, 6.45) is 11.8. The fourth-order valence-corrected chi connectivity index (χ4v) is 4.20. The second-order valence-corrected chi connectivity index (χ2v) is 6.52. The quantitative estimate of drug-likeness (QED) is 0.778. The van der Waals surface area contributed by atoms with Crippen molar-refractivity contribution in [1.82, 2.24) is 10.2 Å². The SMILES string of the molecule is C1CCCC(CN2CCC3NCCC3C2)CC1.Cl. The van der Waals surface area contributed by atoms with Gasteiger partial charge in [0.05, 0.1) is 0 Å². The first-order valence-corrected chi connectivity index (χ1v) is 7.87. The summed E-state index contributed by atoms with van der Waals surface area (Å²) in [5, 5.41) is 3.67. The van der Waals surface area contributed by atoms with Gasteiger partial charge in [-0.1, -0.05) is 25.7 Å². The van der Waals surface area contributed by atoms with E-state index in [9.17, 15) is 0 Å². The Morgan fingerprint density at radius 3 is 2.50 bits per heavy atom. The third kappa shape index (κ3) is 3.61. The summed E-state index contributed by atoms with van der Waals surface area (Å²) < 4.78 is 0. The largest absolute Gasteiger partial charge is 0.314 e. The second kappa shape index (κ2) is 7.12. The number of fused-ring (bicyclic) bond motifs is 1. The molecule has 2 heterocycles. The molecule has 3 fully saturated rings. The van der Waals surface area contributed by atoms with Crippen molar-refractivity contribution in [2.45, 2.75) is 57.4 Å². The van der Waals surface area contributed by atoms with Crippen LogP contribution in [0.1, 0.15) is 51.4 Å². The molecule has 3 aliphatic rings. The van der Waals surface area contributed by atoms with Crippen molar-refractivity contribution in [3.63, 3.8) is 0 Å². The third-order valence-electron chi connectivity index (χ3n) is 5.23. The number of nitrogens with zero attached hydrogens (tertiary/aromatic N) is 1. The minimum absolute atomic E-state index is 0. The Morgan fingerprint density at radius 1 is 0.944 bits per heavy atom. The average molecular weight is 273 g/mol. The van der Waals surface area contributed by atoms with E-state index in [2.05, 4.69) is 10.2 Å². The van der Waals surface area contributed by atoms with Crippen LogP contribution in [0.3, 0.4) is 0 Å². The molecule has 1 saturated carbocycles. The lowest BCUT2D eigenvalue weighted by molar-refractivity contribution is 0.137. The molecule has 0 bridgehead atoms. The number of halogens is 1. The van der Waals surface area contributed by atoms with Crippen LogP contribution in [-0.4, -0.2) is 37.1 Å². The smallest absolute Gasteiger partial charge is 0.0120 e. The van der Waals surface area contributed by atoms with Crippen LogP contribution in [0, 0.1) is 11.8 Å². The standard InChI is InChI=1S/C15H28N2.ClH/c1-2-4-6-13(5-3-1)11-17-10-8-15-14(12-17)7-9-16-15;/h13-16H,1-12H2;1H. The van der Waals surface area contributed by atoms with Crippen molar-refractivity contribution >= 4 is 12.4 Å². The van der Waals surface area contributed by atoms with E-state index in [0.717, 1.165) is 17.9 Å². The normalized spacial score (nSPS) is 34.7. The lowest BCUT2D eigenvalue weighted by Gasteiger charge is -2.36. The fraction of sp³-hybridized carbons (Fsp3) is 1.00. The number of nitrogens with one attached hydrogen (secondary N) is 1. The highest BCUT2D eigenvalue weighted by Gasteiger charge is 2.33. The van der Waals surface area contributed by atoms with Gasteiger partial charge in [-0.25, -0.2) is 0 Å². The predicted octanol–water partition coefficient (Wildman–Crippen LogP) is 3.06. The minimum Gasteiger partial charge on any atom is -0.314 e. The van der Waals surface area contributed by atoms with Gasteiger partial charge in [0.1, 0.15) is 0 Å². The minimum atomic E-state index is 0. The third-order valence-corrected chi connectivity index (χ3v) is 5.23. The molecule has 2 unspecified atom stereocenters. The highest BCUT2D eigenvalue weighted by Crippen LogP contribution is 2.28. The lowest BCUT2D eigenvalue weighted by Crippen LogP contribution is -2.45. The first kappa shape index (κ1) is 14.6. The monoisotopic (exact) mass is 272 g/mol. The zero-order valence-electron chi connectivity index (χ0n) is 11.6. The summed E-state index contributed by atoms with van der Waals surface area (Å²) in [6, 6.07) is 0.861. The van der Waals surface area contributed by atoms with Gasteiger partial charge in [-0.2, -0.15) is 0 Å². The Bertz CT molecular complexity index is 239. The van der Waals surface area contributed by atoms with Crippen LogP contribution in [0.2, 0.25) is 0 Å². The van der Waals surface area contributed by atoms with Crippen molar-refractivity contribution < 1.29 is 0 Å². The van der Waals surface area contributed by atoms with Gasteiger partial charge in [-0.3, -0.25) is 0 Å². The van der Waals surface area contributed by atoms with Crippen LogP contribution >= 0.6 is 12.4 Å². The molecule has 1 aliphatic carbocycles. The Balaban J connectivity index is 0.00000120. The van der Waals surface area contributed by atoms with Gasteiger partial charge in [0.15, 0.2) is 0 Å². The molecule has 3 heteroatoms. The predicted molar refractivity (Wildman–Crippen MR) is 79.4 cm³/mol. The highest BCUT2D eigenvalue weighted by atomic mass is 35.5. The number of likely N-dealkylation sites (tertiary alicyclic amines) is 1. The first-order valence-electron chi connectivity index (χ1n) is 7.87. The molecule has 2 aliphatic heterocycles. The number of piperidine rings is 1. The molecular weight excluding hydrogens is 244 g/mol. The van der Waals surface area contributed by atoms with Crippen molar-refractivity contribution in [3.8, 4) is 0 Å². The molecular formula is C15H29ClN2. The maximum absolute atomic E-state index is 3.67. The number of rotatable bonds is 2. The van der Waals surface area contributed by atoms with Gasteiger partial charge < -0.3 is 10.2 Å². The average Bonchev–Trinajstić information content (AvgIpc) is 2.65. The Labute approximate surface area is 118 Å². The molecule has 18 heavy (non-hydrogen) atoms. The summed E-state index contributed by atoms with van der Waals surface area (Å²) in [7, 11) is 0. The van der Waals surface area contributed by atoms with E-state index in [4.69, 9.17) is 0 Å². The summed E-state index contributed by atoms with van der Waals surface area (Å²) >= 11 is 0. The Hall–Kier alpha value is 0.210. The molecule has 0 spiro atoms. The molecule has 0 aromatic carbocycles. The Kier molecular flexibility index (Phi) is 5.78. The maximum Gasteiger partial charge on any atom is 0.0120 e. The summed E-state index contributed by atoms with van der Waals surface area (Å²) in [5.41, 5.74) is 0. The molecule has 2 atom stereocenters. The van der Waals surface area contributed by atoms with E-state index in [1.165, 1.54) is 77.5 Å². The molecule has 3 rings (SSSR count). The summed E-state index contributed by atoms with van der Waals surface area (Å²) in [4.78, 5) is 2.78. The zero-order valence-corrected chi connectivity index (χ0v) is 12.4. The van der Waals surface area contributed by atoms with E-state index in [1.807, 2.05) is 0 Å². The van der Waals surface area contributed by atoms with Crippen LogP contribution in [0.4, 0.5) is 0 Å². The van der Waals surface area contributed by atoms with Crippen LogP contribution in [0.25, 0.3) is 0 Å². The second-order valence-electron chi connectivity index (χ2n) is 6.52. The van der Waals surface area contributed by atoms with Gasteiger partial charge in [0, 0.05) is 19.1 Å². The van der Waals surface area contributed by atoms with Crippen molar-refractivity contribution in [2.24, 2.45) is 11.8 Å². The molecule has 1 N–H and O–H groups in total. The zero-order chi connectivity index (χ0) is 11.5. The van der Waals surface area contributed by atoms with Crippen molar-refractivity contribution in [1.29, 1.82) is 0 Å². The topological polar surface area (TPSA) is 15.3 Å². The maximum atomic E-state index is 3.67. The van der Waals surface area contributed by atoms with Crippen LogP contribution < -0.4 is 5.32 Å². The van der Waals surface area contributed by atoms with Gasteiger partial charge in [0.25, 0.3) is 0 Å². The highest BCUT2D eigenvalue weighted by molar-refractivity contribution is 5.85. The first-order chi connectivity index (χ1) is 8.42. The van der Waals surface area contributed by atoms with E-state index < -0.39 is 0 Å². The summed E-state index contributed by atoms with van der Waals surface area (Å²) in [6.45, 7) is 5.41. The molecule has 0 aromatic rings. The van der Waals surface area contributed by atoms with E-state index >= 15 is 0 Å². The molecule has 0 amide bonds.